The molecular weight excluding hydrogens is 198 g/mol. The van der Waals surface area contributed by atoms with Gasteiger partial charge in [-0.3, -0.25) is 9.58 Å². The van der Waals surface area contributed by atoms with E-state index < -0.39 is 0 Å². The average Bonchev–Trinajstić information content (AvgIpc) is 2.97. The first-order valence-corrected chi connectivity index (χ1v) is 6.58. The molecule has 2 fully saturated rings. The zero-order chi connectivity index (χ0) is 11.0. The topological polar surface area (TPSA) is 21.1 Å². The van der Waals surface area contributed by atoms with Crippen LogP contribution in [-0.4, -0.2) is 33.8 Å². The Kier molecular flexibility index (Phi) is 2.72. The van der Waals surface area contributed by atoms with Crippen molar-refractivity contribution in [1.82, 2.24) is 14.7 Å². The molecule has 1 aromatic heterocycles. The van der Waals surface area contributed by atoms with Crippen LogP contribution >= 0.6 is 0 Å². The van der Waals surface area contributed by atoms with Crippen LogP contribution in [-0.2, 0) is 0 Å². The third-order valence-corrected chi connectivity index (χ3v) is 4.14. The van der Waals surface area contributed by atoms with E-state index in [9.17, 15) is 0 Å². The van der Waals surface area contributed by atoms with Crippen LogP contribution in [0.4, 0.5) is 0 Å². The second-order valence-electron chi connectivity index (χ2n) is 5.37. The quantitative estimate of drug-likeness (QED) is 0.761. The van der Waals surface area contributed by atoms with E-state index in [0.29, 0.717) is 6.04 Å². The molecule has 1 aliphatic carbocycles. The van der Waals surface area contributed by atoms with Gasteiger partial charge in [-0.15, -0.1) is 0 Å². The molecule has 3 heteroatoms. The predicted octanol–water partition coefficient (Wildman–Crippen LogP) is 2.38. The lowest BCUT2D eigenvalue weighted by Crippen LogP contribution is -2.31. The Morgan fingerprint density at radius 3 is 2.69 bits per heavy atom. The third kappa shape index (κ3) is 1.88. The van der Waals surface area contributed by atoms with Gasteiger partial charge in [-0.1, -0.05) is 12.8 Å². The third-order valence-electron chi connectivity index (χ3n) is 4.14. The van der Waals surface area contributed by atoms with Crippen LogP contribution < -0.4 is 0 Å². The monoisotopic (exact) mass is 219 g/mol. The SMILES string of the molecule is Cc1cnn(C2CCN(C3CCCC3)C2)c1. The van der Waals surface area contributed by atoms with Crippen LogP contribution in [0, 0.1) is 6.92 Å². The minimum absolute atomic E-state index is 0.620. The fraction of sp³-hybridized carbons (Fsp3) is 0.769. The van der Waals surface area contributed by atoms with Crippen LogP contribution in [0.3, 0.4) is 0 Å². The number of rotatable bonds is 2. The highest BCUT2D eigenvalue weighted by Crippen LogP contribution is 2.30. The second kappa shape index (κ2) is 4.21. The zero-order valence-corrected chi connectivity index (χ0v) is 10.1. The highest BCUT2D eigenvalue weighted by atomic mass is 15.3. The Hall–Kier alpha value is -0.830. The van der Waals surface area contributed by atoms with Gasteiger partial charge in [0.05, 0.1) is 12.2 Å². The summed E-state index contributed by atoms with van der Waals surface area (Å²) < 4.78 is 2.17. The molecule has 1 aromatic rings. The van der Waals surface area contributed by atoms with E-state index in [1.54, 1.807) is 0 Å². The number of likely N-dealkylation sites (tertiary alicyclic amines) is 1. The summed E-state index contributed by atoms with van der Waals surface area (Å²) in [6.45, 7) is 4.60. The van der Waals surface area contributed by atoms with Crippen molar-refractivity contribution in [3.63, 3.8) is 0 Å². The molecule has 0 N–H and O–H groups in total. The van der Waals surface area contributed by atoms with E-state index >= 15 is 0 Å². The van der Waals surface area contributed by atoms with Crippen molar-refractivity contribution in [2.75, 3.05) is 13.1 Å². The van der Waals surface area contributed by atoms with E-state index in [0.717, 1.165) is 6.04 Å². The highest BCUT2D eigenvalue weighted by Gasteiger charge is 2.30. The first kappa shape index (κ1) is 10.3. The second-order valence-corrected chi connectivity index (χ2v) is 5.37. The highest BCUT2D eigenvalue weighted by molar-refractivity contribution is 5.01. The summed E-state index contributed by atoms with van der Waals surface area (Å²) in [6, 6.07) is 1.50. The largest absolute Gasteiger partial charge is 0.298 e. The molecule has 16 heavy (non-hydrogen) atoms. The minimum Gasteiger partial charge on any atom is -0.298 e. The van der Waals surface area contributed by atoms with Crippen molar-refractivity contribution in [1.29, 1.82) is 0 Å². The number of hydrogen-bond donors (Lipinski definition) is 0. The van der Waals surface area contributed by atoms with Crippen LogP contribution in [0.5, 0.6) is 0 Å². The molecule has 0 spiro atoms. The number of aromatic nitrogens is 2. The van der Waals surface area contributed by atoms with Gasteiger partial charge in [0.2, 0.25) is 0 Å². The maximum absolute atomic E-state index is 4.45. The summed E-state index contributed by atoms with van der Waals surface area (Å²) in [5.41, 5.74) is 1.28. The number of hydrogen-bond acceptors (Lipinski definition) is 2. The van der Waals surface area contributed by atoms with Gasteiger partial charge in [0.1, 0.15) is 0 Å². The molecule has 88 valence electrons. The van der Waals surface area contributed by atoms with Gasteiger partial charge in [-0.2, -0.15) is 5.10 Å². The summed E-state index contributed by atoms with van der Waals surface area (Å²) >= 11 is 0. The Bertz CT molecular complexity index is 352. The molecule has 0 aromatic carbocycles. The summed E-state index contributed by atoms with van der Waals surface area (Å²) in [4.78, 5) is 2.69. The normalized spacial score (nSPS) is 27.9. The van der Waals surface area contributed by atoms with Crippen molar-refractivity contribution >= 4 is 0 Å². The fourth-order valence-corrected chi connectivity index (χ4v) is 3.22. The molecule has 0 radical (unpaired) electrons. The van der Waals surface area contributed by atoms with Crippen LogP contribution in [0.25, 0.3) is 0 Å². The van der Waals surface area contributed by atoms with E-state index in [4.69, 9.17) is 0 Å². The van der Waals surface area contributed by atoms with Gasteiger partial charge in [0, 0.05) is 25.3 Å². The molecular formula is C13H21N3. The van der Waals surface area contributed by atoms with E-state index in [1.165, 1.54) is 50.8 Å². The number of nitrogens with zero attached hydrogens (tertiary/aromatic N) is 3. The Morgan fingerprint density at radius 1 is 1.19 bits per heavy atom. The standard InChI is InChI=1S/C13H21N3/c1-11-8-14-16(9-11)13-6-7-15(10-13)12-4-2-3-5-12/h8-9,12-13H,2-7,10H2,1H3. The zero-order valence-electron chi connectivity index (χ0n) is 10.1. The van der Waals surface area contributed by atoms with Crippen LogP contribution in [0.15, 0.2) is 12.4 Å². The van der Waals surface area contributed by atoms with E-state index in [-0.39, 0.29) is 0 Å². The summed E-state index contributed by atoms with van der Waals surface area (Å²) in [5.74, 6) is 0. The van der Waals surface area contributed by atoms with Gasteiger partial charge in [0.25, 0.3) is 0 Å². The van der Waals surface area contributed by atoms with Gasteiger partial charge in [0.15, 0.2) is 0 Å². The maximum atomic E-state index is 4.45. The fourth-order valence-electron chi connectivity index (χ4n) is 3.22. The maximum Gasteiger partial charge on any atom is 0.0658 e. The first-order chi connectivity index (χ1) is 7.83. The lowest BCUT2D eigenvalue weighted by Gasteiger charge is -2.23. The molecule has 0 bridgehead atoms. The lowest BCUT2D eigenvalue weighted by molar-refractivity contribution is 0.235. The Balaban J connectivity index is 1.64. The van der Waals surface area contributed by atoms with Crippen molar-refractivity contribution in [3.05, 3.63) is 18.0 Å². The number of aryl methyl sites for hydroxylation is 1. The van der Waals surface area contributed by atoms with Crippen molar-refractivity contribution in [3.8, 4) is 0 Å². The lowest BCUT2D eigenvalue weighted by atomic mass is 10.2. The molecule has 1 atom stereocenters. The molecule has 3 rings (SSSR count). The van der Waals surface area contributed by atoms with Crippen LogP contribution in [0.2, 0.25) is 0 Å². The summed E-state index contributed by atoms with van der Waals surface area (Å²) in [6.07, 6.45) is 11.1. The molecule has 2 aliphatic rings. The molecule has 0 amide bonds. The first-order valence-electron chi connectivity index (χ1n) is 6.58. The molecule has 1 unspecified atom stereocenters. The van der Waals surface area contributed by atoms with Gasteiger partial charge >= 0.3 is 0 Å². The molecule has 3 nitrogen and oxygen atoms in total. The average molecular weight is 219 g/mol. The van der Waals surface area contributed by atoms with Gasteiger partial charge in [-0.05, 0) is 31.7 Å². The Morgan fingerprint density at radius 2 is 2.00 bits per heavy atom. The smallest absolute Gasteiger partial charge is 0.0658 e. The van der Waals surface area contributed by atoms with E-state index in [1.807, 2.05) is 6.20 Å². The van der Waals surface area contributed by atoms with Crippen molar-refractivity contribution in [2.24, 2.45) is 0 Å². The molecule has 1 saturated heterocycles. The van der Waals surface area contributed by atoms with Crippen molar-refractivity contribution in [2.45, 2.75) is 51.1 Å². The Labute approximate surface area is 97.4 Å². The molecule has 2 heterocycles. The molecule has 1 saturated carbocycles. The van der Waals surface area contributed by atoms with Gasteiger partial charge in [-0.25, -0.2) is 0 Å². The van der Waals surface area contributed by atoms with Gasteiger partial charge < -0.3 is 0 Å². The predicted molar refractivity (Wildman–Crippen MR) is 64.4 cm³/mol. The summed E-state index contributed by atoms with van der Waals surface area (Å²) in [5, 5.41) is 4.45. The van der Waals surface area contributed by atoms with Crippen molar-refractivity contribution < 1.29 is 0 Å². The summed E-state index contributed by atoms with van der Waals surface area (Å²) in [7, 11) is 0. The minimum atomic E-state index is 0.620. The van der Waals surface area contributed by atoms with E-state index in [2.05, 4.69) is 27.8 Å². The van der Waals surface area contributed by atoms with Crippen LogP contribution in [0.1, 0.15) is 43.7 Å². The molecule has 1 aliphatic heterocycles.